The number of pyridine rings is 1. The SMILES string of the molecule is CC1(C)CC(=O)N(Cc2cccnc2)CCN1. The molecule has 1 aromatic rings. The van der Waals surface area contributed by atoms with Crippen molar-refractivity contribution in [1.82, 2.24) is 15.2 Å². The summed E-state index contributed by atoms with van der Waals surface area (Å²) in [5.41, 5.74) is 0.987. The van der Waals surface area contributed by atoms with Crippen LogP contribution in [0.5, 0.6) is 0 Å². The molecule has 0 aromatic carbocycles. The van der Waals surface area contributed by atoms with Gasteiger partial charge in [-0.05, 0) is 25.5 Å². The molecule has 92 valence electrons. The normalized spacial score (nSPS) is 20.1. The van der Waals surface area contributed by atoms with Crippen LogP contribution in [-0.2, 0) is 11.3 Å². The molecule has 1 aliphatic heterocycles. The van der Waals surface area contributed by atoms with Crippen LogP contribution >= 0.6 is 0 Å². The largest absolute Gasteiger partial charge is 0.337 e. The van der Waals surface area contributed by atoms with Crippen LogP contribution in [-0.4, -0.2) is 34.4 Å². The number of carbonyl (C=O) groups excluding carboxylic acids is 1. The first-order valence-corrected chi connectivity index (χ1v) is 5.98. The molecule has 1 saturated heterocycles. The summed E-state index contributed by atoms with van der Waals surface area (Å²) in [5, 5.41) is 3.39. The molecular formula is C13H19N3O. The fourth-order valence-corrected chi connectivity index (χ4v) is 2.09. The molecule has 1 amide bonds. The minimum atomic E-state index is -0.0965. The fourth-order valence-electron chi connectivity index (χ4n) is 2.09. The van der Waals surface area contributed by atoms with Gasteiger partial charge in [0.1, 0.15) is 0 Å². The highest BCUT2D eigenvalue weighted by Gasteiger charge is 2.28. The highest BCUT2D eigenvalue weighted by atomic mass is 16.2. The molecule has 0 bridgehead atoms. The highest BCUT2D eigenvalue weighted by molar-refractivity contribution is 5.77. The third kappa shape index (κ3) is 3.27. The van der Waals surface area contributed by atoms with E-state index in [9.17, 15) is 4.79 Å². The fraction of sp³-hybridized carbons (Fsp3) is 0.538. The summed E-state index contributed by atoms with van der Waals surface area (Å²) < 4.78 is 0. The van der Waals surface area contributed by atoms with Crippen LogP contribution in [0.1, 0.15) is 25.8 Å². The van der Waals surface area contributed by atoms with Crippen molar-refractivity contribution in [1.29, 1.82) is 0 Å². The zero-order valence-electron chi connectivity index (χ0n) is 10.4. The van der Waals surface area contributed by atoms with Gasteiger partial charge in [-0.25, -0.2) is 0 Å². The Morgan fingerprint density at radius 1 is 1.53 bits per heavy atom. The van der Waals surface area contributed by atoms with Gasteiger partial charge >= 0.3 is 0 Å². The monoisotopic (exact) mass is 233 g/mol. The van der Waals surface area contributed by atoms with Gasteiger partial charge in [0.15, 0.2) is 0 Å². The van der Waals surface area contributed by atoms with Crippen molar-refractivity contribution >= 4 is 5.91 Å². The van der Waals surface area contributed by atoms with Gasteiger partial charge in [0, 0.05) is 44.0 Å². The highest BCUT2D eigenvalue weighted by Crippen LogP contribution is 2.15. The van der Waals surface area contributed by atoms with Gasteiger partial charge < -0.3 is 10.2 Å². The maximum Gasteiger partial charge on any atom is 0.224 e. The third-order valence-corrected chi connectivity index (χ3v) is 3.03. The zero-order chi connectivity index (χ0) is 12.3. The van der Waals surface area contributed by atoms with Gasteiger partial charge in [-0.2, -0.15) is 0 Å². The molecule has 1 aromatic heterocycles. The Hall–Kier alpha value is -1.42. The summed E-state index contributed by atoms with van der Waals surface area (Å²) in [6.07, 6.45) is 4.11. The molecule has 17 heavy (non-hydrogen) atoms. The number of nitrogens with zero attached hydrogens (tertiary/aromatic N) is 2. The van der Waals surface area contributed by atoms with Gasteiger partial charge in [0.2, 0.25) is 5.91 Å². The molecule has 2 rings (SSSR count). The standard InChI is InChI=1S/C13H19N3O/c1-13(2)8-12(17)16(7-6-15-13)10-11-4-3-5-14-9-11/h3-5,9,15H,6-8,10H2,1-2H3. The lowest BCUT2D eigenvalue weighted by atomic mass is 10.0. The summed E-state index contributed by atoms with van der Waals surface area (Å²) in [6, 6.07) is 3.91. The average molecular weight is 233 g/mol. The smallest absolute Gasteiger partial charge is 0.224 e. The summed E-state index contributed by atoms with van der Waals surface area (Å²) >= 11 is 0. The Morgan fingerprint density at radius 3 is 3.06 bits per heavy atom. The zero-order valence-corrected chi connectivity index (χ0v) is 10.4. The van der Waals surface area contributed by atoms with Crippen molar-refractivity contribution in [3.8, 4) is 0 Å². The van der Waals surface area contributed by atoms with E-state index in [0.717, 1.165) is 18.7 Å². The van der Waals surface area contributed by atoms with Crippen molar-refractivity contribution < 1.29 is 4.79 Å². The van der Waals surface area contributed by atoms with Gasteiger partial charge in [-0.3, -0.25) is 9.78 Å². The first-order chi connectivity index (χ1) is 8.07. The average Bonchev–Trinajstić information content (AvgIpc) is 2.39. The van der Waals surface area contributed by atoms with Crippen LogP contribution in [0.25, 0.3) is 0 Å². The van der Waals surface area contributed by atoms with E-state index in [0.29, 0.717) is 13.0 Å². The molecule has 0 spiro atoms. The van der Waals surface area contributed by atoms with Gasteiger partial charge in [-0.15, -0.1) is 0 Å². The Bertz CT molecular complexity index is 389. The second-order valence-corrected chi connectivity index (χ2v) is 5.16. The van der Waals surface area contributed by atoms with E-state index in [1.807, 2.05) is 23.2 Å². The molecule has 4 heteroatoms. The molecule has 1 fully saturated rings. The number of hydrogen-bond acceptors (Lipinski definition) is 3. The van der Waals surface area contributed by atoms with Crippen LogP contribution in [0.15, 0.2) is 24.5 Å². The van der Waals surface area contributed by atoms with Gasteiger partial charge in [0.25, 0.3) is 0 Å². The van der Waals surface area contributed by atoms with E-state index in [1.54, 1.807) is 6.20 Å². The van der Waals surface area contributed by atoms with E-state index in [4.69, 9.17) is 0 Å². The Labute approximate surface area is 102 Å². The van der Waals surface area contributed by atoms with Crippen molar-refractivity contribution in [2.45, 2.75) is 32.4 Å². The lowest BCUT2D eigenvalue weighted by Crippen LogP contribution is -2.39. The van der Waals surface area contributed by atoms with Crippen LogP contribution in [0.3, 0.4) is 0 Å². The number of rotatable bonds is 2. The molecule has 0 saturated carbocycles. The summed E-state index contributed by atoms with van der Waals surface area (Å²) in [4.78, 5) is 18.1. The predicted molar refractivity (Wildman–Crippen MR) is 66.4 cm³/mol. The number of hydrogen-bond donors (Lipinski definition) is 1. The molecule has 2 heterocycles. The molecule has 0 unspecified atom stereocenters. The minimum absolute atomic E-state index is 0.0965. The van der Waals surface area contributed by atoms with Crippen LogP contribution in [0, 0.1) is 0 Å². The lowest BCUT2D eigenvalue weighted by molar-refractivity contribution is -0.131. The van der Waals surface area contributed by atoms with Crippen molar-refractivity contribution in [3.63, 3.8) is 0 Å². The van der Waals surface area contributed by atoms with Crippen LogP contribution in [0.4, 0.5) is 0 Å². The molecule has 1 aliphatic rings. The van der Waals surface area contributed by atoms with E-state index in [-0.39, 0.29) is 11.4 Å². The quantitative estimate of drug-likeness (QED) is 0.834. The molecular weight excluding hydrogens is 214 g/mol. The first kappa shape index (κ1) is 12.0. The van der Waals surface area contributed by atoms with Crippen molar-refractivity contribution in [2.75, 3.05) is 13.1 Å². The summed E-state index contributed by atoms with van der Waals surface area (Å²) in [6.45, 7) is 6.40. The number of nitrogens with one attached hydrogen (secondary N) is 1. The maximum atomic E-state index is 12.1. The van der Waals surface area contributed by atoms with Gasteiger partial charge in [0.05, 0.1) is 0 Å². The molecule has 0 atom stereocenters. The number of carbonyl (C=O) groups is 1. The van der Waals surface area contributed by atoms with Gasteiger partial charge in [-0.1, -0.05) is 6.07 Å². The van der Waals surface area contributed by atoms with E-state index < -0.39 is 0 Å². The minimum Gasteiger partial charge on any atom is -0.337 e. The molecule has 0 aliphatic carbocycles. The Morgan fingerprint density at radius 2 is 2.35 bits per heavy atom. The van der Waals surface area contributed by atoms with Crippen molar-refractivity contribution in [3.05, 3.63) is 30.1 Å². The van der Waals surface area contributed by atoms with Crippen LogP contribution < -0.4 is 5.32 Å². The number of amides is 1. The molecule has 4 nitrogen and oxygen atoms in total. The van der Waals surface area contributed by atoms with Crippen molar-refractivity contribution in [2.24, 2.45) is 0 Å². The number of aromatic nitrogens is 1. The van der Waals surface area contributed by atoms with E-state index in [1.165, 1.54) is 0 Å². The topological polar surface area (TPSA) is 45.2 Å². The summed E-state index contributed by atoms with van der Waals surface area (Å²) in [7, 11) is 0. The second kappa shape index (κ2) is 4.84. The van der Waals surface area contributed by atoms with E-state index in [2.05, 4.69) is 24.1 Å². The predicted octanol–water partition coefficient (Wildman–Crippen LogP) is 1.18. The molecule has 1 N–H and O–H groups in total. The lowest BCUT2D eigenvalue weighted by Gasteiger charge is -2.23. The Balaban J connectivity index is 2.04. The second-order valence-electron chi connectivity index (χ2n) is 5.16. The maximum absolute atomic E-state index is 12.1. The third-order valence-electron chi connectivity index (χ3n) is 3.03. The van der Waals surface area contributed by atoms with Crippen LogP contribution in [0.2, 0.25) is 0 Å². The Kier molecular flexibility index (Phi) is 3.43. The molecule has 0 radical (unpaired) electrons. The summed E-state index contributed by atoms with van der Waals surface area (Å²) in [5.74, 6) is 0.212. The first-order valence-electron chi connectivity index (χ1n) is 5.98. The van der Waals surface area contributed by atoms with E-state index >= 15 is 0 Å².